The van der Waals surface area contributed by atoms with E-state index in [-0.39, 0.29) is 6.61 Å². The summed E-state index contributed by atoms with van der Waals surface area (Å²) >= 11 is 0. The highest BCUT2D eigenvalue weighted by atomic mass is 16.7. The lowest BCUT2D eigenvalue weighted by molar-refractivity contribution is -0.145. The third-order valence-electron chi connectivity index (χ3n) is 1.57. The highest BCUT2D eigenvalue weighted by Gasteiger charge is 2.25. The zero-order valence-corrected chi connectivity index (χ0v) is 11.9. The molecule has 0 aromatic carbocycles. The smallest absolute Gasteiger partial charge is 0.428 e. The van der Waals surface area contributed by atoms with Crippen LogP contribution < -0.4 is 5.73 Å². The minimum Gasteiger partial charge on any atom is -0.428 e. The first-order valence-corrected chi connectivity index (χ1v) is 5.75. The van der Waals surface area contributed by atoms with E-state index in [0.29, 0.717) is 0 Å². The van der Waals surface area contributed by atoms with Crippen molar-refractivity contribution < 1.29 is 23.8 Å². The summed E-state index contributed by atoms with van der Waals surface area (Å²) in [4.78, 5) is 22.6. The van der Waals surface area contributed by atoms with Crippen molar-refractivity contribution in [2.24, 2.45) is 5.73 Å². The van der Waals surface area contributed by atoms with Crippen LogP contribution in [-0.2, 0) is 19.0 Å². The van der Waals surface area contributed by atoms with Gasteiger partial charge in [-0.2, -0.15) is 0 Å². The first-order chi connectivity index (χ1) is 7.91. The van der Waals surface area contributed by atoms with Gasteiger partial charge in [-0.25, -0.2) is 9.59 Å². The molecule has 0 saturated heterocycles. The second kappa shape index (κ2) is 6.15. The van der Waals surface area contributed by atoms with Crippen LogP contribution in [0.3, 0.4) is 0 Å². The molecule has 0 radical (unpaired) electrons. The van der Waals surface area contributed by atoms with E-state index in [1.54, 1.807) is 20.8 Å². The molecule has 0 amide bonds. The maximum absolute atomic E-state index is 11.4. The number of hydrogen-bond donors (Lipinski definition) is 1. The second-order valence-corrected chi connectivity index (χ2v) is 5.92. The largest absolute Gasteiger partial charge is 0.516 e. The van der Waals surface area contributed by atoms with Crippen molar-refractivity contribution >= 4 is 12.1 Å². The number of rotatable bonds is 3. The molecule has 0 rings (SSSR count). The molecule has 0 heterocycles. The third-order valence-corrected chi connectivity index (χ3v) is 1.57. The van der Waals surface area contributed by atoms with Gasteiger partial charge in [-0.3, -0.25) is 0 Å². The van der Waals surface area contributed by atoms with Crippen LogP contribution in [0.4, 0.5) is 4.79 Å². The first kappa shape index (κ1) is 16.9. The topological polar surface area (TPSA) is 87.9 Å². The van der Waals surface area contributed by atoms with Crippen LogP contribution in [0.2, 0.25) is 0 Å². The predicted octanol–water partition coefficient (Wildman–Crippen LogP) is 1.61. The highest BCUT2D eigenvalue weighted by Crippen LogP contribution is 2.09. The van der Waals surface area contributed by atoms with Crippen molar-refractivity contribution in [2.75, 3.05) is 6.61 Å². The van der Waals surface area contributed by atoms with Gasteiger partial charge in [0.1, 0.15) is 11.6 Å². The van der Waals surface area contributed by atoms with Crippen LogP contribution in [0.15, 0.2) is 0 Å². The zero-order chi connectivity index (χ0) is 14.6. The number of carbonyl (C=O) groups excluding carboxylic acids is 2. The van der Waals surface area contributed by atoms with Crippen molar-refractivity contribution in [3.05, 3.63) is 0 Å². The molecule has 2 N–H and O–H groups in total. The zero-order valence-electron chi connectivity index (χ0n) is 11.9. The Bertz CT molecular complexity index is 301. The Hall–Kier alpha value is -1.14. The van der Waals surface area contributed by atoms with Crippen molar-refractivity contribution in [1.29, 1.82) is 0 Å². The van der Waals surface area contributed by atoms with Gasteiger partial charge in [0, 0.05) is 0 Å². The Kier molecular flexibility index (Phi) is 5.76. The molecule has 6 heteroatoms. The molecule has 0 aromatic rings. The number of hydrogen-bond acceptors (Lipinski definition) is 6. The molecular weight excluding hydrogens is 238 g/mol. The Morgan fingerprint density at radius 3 is 1.94 bits per heavy atom. The summed E-state index contributed by atoms with van der Waals surface area (Å²) in [5.41, 5.74) is 4.40. The van der Waals surface area contributed by atoms with Gasteiger partial charge in [0.15, 0.2) is 0 Å². The summed E-state index contributed by atoms with van der Waals surface area (Å²) in [7, 11) is 0. The van der Waals surface area contributed by atoms with E-state index in [0.717, 1.165) is 0 Å². The predicted molar refractivity (Wildman–Crippen MR) is 66.0 cm³/mol. The summed E-state index contributed by atoms with van der Waals surface area (Å²) in [5.74, 6) is -0.867. The molecule has 0 fully saturated rings. The van der Waals surface area contributed by atoms with Crippen LogP contribution in [-0.4, -0.2) is 36.0 Å². The quantitative estimate of drug-likeness (QED) is 0.613. The SMILES string of the molecule is CC(C)(C)OC[C@H](N)C(=O)OC(=O)OC(C)(C)C. The average Bonchev–Trinajstić information content (AvgIpc) is 2.09. The fourth-order valence-corrected chi connectivity index (χ4v) is 0.836. The van der Waals surface area contributed by atoms with Crippen LogP contribution in [0, 0.1) is 0 Å². The van der Waals surface area contributed by atoms with Gasteiger partial charge in [-0.05, 0) is 41.5 Å². The maximum atomic E-state index is 11.4. The molecule has 0 aliphatic rings. The Morgan fingerprint density at radius 2 is 1.56 bits per heavy atom. The Labute approximate surface area is 108 Å². The standard InChI is InChI=1S/C12H23NO5/c1-11(2,3)16-7-8(13)9(14)17-10(15)18-12(4,5)6/h8H,7,13H2,1-6H3/t8-/m0/s1. The number of nitrogens with two attached hydrogens (primary N) is 1. The fraction of sp³-hybridized carbons (Fsp3) is 0.833. The first-order valence-electron chi connectivity index (χ1n) is 5.75. The van der Waals surface area contributed by atoms with Crippen molar-refractivity contribution in [2.45, 2.75) is 58.8 Å². The summed E-state index contributed by atoms with van der Waals surface area (Å²) in [5, 5.41) is 0. The lowest BCUT2D eigenvalue weighted by atomic mass is 10.2. The average molecular weight is 261 g/mol. The lowest BCUT2D eigenvalue weighted by Gasteiger charge is -2.22. The molecule has 0 spiro atoms. The summed E-state index contributed by atoms with van der Waals surface area (Å²) in [6, 6.07) is -1.02. The molecular formula is C12H23NO5. The summed E-state index contributed by atoms with van der Waals surface area (Å²) in [6.45, 7) is 10.5. The van der Waals surface area contributed by atoms with Crippen LogP contribution in [0.1, 0.15) is 41.5 Å². The molecule has 18 heavy (non-hydrogen) atoms. The Balaban J connectivity index is 4.13. The maximum Gasteiger partial charge on any atom is 0.516 e. The lowest BCUT2D eigenvalue weighted by Crippen LogP contribution is -2.41. The second-order valence-electron chi connectivity index (χ2n) is 5.92. The van der Waals surface area contributed by atoms with E-state index < -0.39 is 29.4 Å². The minimum absolute atomic E-state index is 0.0227. The molecule has 0 bridgehead atoms. The number of ether oxygens (including phenoxy) is 3. The minimum atomic E-state index is -1.06. The number of esters is 1. The van der Waals surface area contributed by atoms with Crippen molar-refractivity contribution in [1.82, 2.24) is 0 Å². The van der Waals surface area contributed by atoms with Gasteiger partial charge in [-0.1, -0.05) is 0 Å². The van der Waals surface area contributed by atoms with Gasteiger partial charge < -0.3 is 19.9 Å². The molecule has 0 saturated carbocycles. The van der Waals surface area contributed by atoms with Gasteiger partial charge in [0.25, 0.3) is 0 Å². The van der Waals surface area contributed by atoms with Gasteiger partial charge >= 0.3 is 12.1 Å². The van der Waals surface area contributed by atoms with Gasteiger partial charge in [-0.15, -0.1) is 0 Å². The number of carbonyl (C=O) groups is 2. The van der Waals surface area contributed by atoms with E-state index in [1.165, 1.54) is 0 Å². The fourth-order valence-electron chi connectivity index (χ4n) is 0.836. The van der Waals surface area contributed by atoms with Gasteiger partial charge in [0.05, 0.1) is 12.2 Å². The molecule has 0 aliphatic carbocycles. The molecule has 6 nitrogen and oxygen atoms in total. The van der Waals surface area contributed by atoms with Crippen LogP contribution in [0.25, 0.3) is 0 Å². The molecule has 1 atom stereocenters. The highest BCUT2D eigenvalue weighted by molar-refractivity contribution is 5.85. The van der Waals surface area contributed by atoms with Crippen molar-refractivity contribution in [3.8, 4) is 0 Å². The third kappa shape index (κ3) is 8.95. The van der Waals surface area contributed by atoms with Crippen LogP contribution >= 0.6 is 0 Å². The van der Waals surface area contributed by atoms with Crippen molar-refractivity contribution in [3.63, 3.8) is 0 Å². The Morgan fingerprint density at radius 1 is 1.06 bits per heavy atom. The van der Waals surface area contributed by atoms with E-state index >= 15 is 0 Å². The monoisotopic (exact) mass is 261 g/mol. The normalized spacial score (nSPS) is 13.9. The van der Waals surface area contributed by atoms with E-state index in [4.69, 9.17) is 15.2 Å². The molecule has 106 valence electrons. The van der Waals surface area contributed by atoms with E-state index in [9.17, 15) is 9.59 Å². The van der Waals surface area contributed by atoms with Crippen LogP contribution in [0.5, 0.6) is 0 Å². The summed E-state index contributed by atoms with van der Waals surface area (Å²) < 4.78 is 14.6. The molecule has 0 unspecified atom stereocenters. The van der Waals surface area contributed by atoms with Gasteiger partial charge in [0.2, 0.25) is 0 Å². The van der Waals surface area contributed by atoms with E-state index in [2.05, 4.69) is 4.74 Å². The molecule has 0 aromatic heterocycles. The molecule has 0 aliphatic heterocycles. The van der Waals surface area contributed by atoms with E-state index in [1.807, 2.05) is 20.8 Å². The summed E-state index contributed by atoms with van der Waals surface area (Å²) in [6.07, 6.45) is -1.06.